The van der Waals surface area contributed by atoms with Crippen LogP contribution in [0.1, 0.15) is 41.4 Å². The lowest BCUT2D eigenvalue weighted by Crippen LogP contribution is -2.40. The zero-order valence-corrected chi connectivity index (χ0v) is 14.1. The fourth-order valence-electron chi connectivity index (χ4n) is 3.34. The zero-order chi connectivity index (χ0) is 17.2. The molecule has 8 heteroatoms. The number of nitrogens with zero attached hydrogens (tertiary/aromatic N) is 4. The predicted molar refractivity (Wildman–Crippen MR) is 89.4 cm³/mol. The van der Waals surface area contributed by atoms with E-state index in [-0.39, 0.29) is 18.1 Å². The van der Waals surface area contributed by atoms with Crippen molar-refractivity contribution < 1.29 is 13.9 Å². The van der Waals surface area contributed by atoms with E-state index in [1.54, 1.807) is 13.3 Å². The number of hydrogen-bond acceptors (Lipinski definition) is 7. The number of rotatable bonds is 6. The maximum atomic E-state index is 12.5. The molecule has 3 heterocycles. The van der Waals surface area contributed by atoms with Crippen LogP contribution < -0.4 is 10.2 Å². The molecule has 2 aliphatic rings. The second-order valence-electron chi connectivity index (χ2n) is 6.52. The van der Waals surface area contributed by atoms with Crippen LogP contribution in [-0.4, -0.2) is 53.2 Å². The quantitative estimate of drug-likeness (QED) is 0.846. The summed E-state index contributed by atoms with van der Waals surface area (Å²) in [5.41, 5.74) is 0.784. The predicted octanol–water partition coefficient (Wildman–Crippen LogP) is 1.37. The Morgan fingerprint density at radius 1 is 1.44 bits per heavy atom. The van der Waals surface area contributed by atoms with Crippen molar-refractivity contribution in [3.05, 3.63) is 36.4 Å². The highest BCUT2D eigenvalue weighted by Crippen LogP contribution is 2.40. The molecule has 1 saturated carbocycles. The molecule has 0 unspecified atom stereocenters. The van der Waals surface area contributed by atoms with E-state index in [1.165, 1.54) is 12.7 Å². The third-order valence-electron chi connectivity index (χ3n) is 4.83. The number of hydrogen-bond donors (Lipinski definition) is 1. The Bertz CT molecular complexity index is 731. The number of anilines is 1. The monoisotopic (exact) mass is 343 g/mol. The summed E-state index contributed by atoms with van der Waals surface area (Å²) in [7, 11) is 1.71. The van der Waals surface area contributed by atoms with Crippen molar-refractivity contribution in [1.82, 2.24) is 20.3 Å². The highest BCUT2D eigenvalue weighted by Gasteiger charge is 2.35. The molecule has 1 saturated heterocycles. The molecular weight excluding hydrogens is 322 g/mol. The van der Waals surface area contributed by atoms with Gasteiger partial charge in [0.2, 0.25) is 5.76 Å². The van der Waals surface area contributed by atoms with Gasteiger partial charge in [-0.05, 0) is 25.3 Å². The lowest BCUT2D eigenvalue weighted by Gasteiger charge is -2.25. The lowest BCUT2D eigenvalue weighted by atomic mass is 10.2. The largest absolute Gasteiger partial charge is 0.438 e. The Morgan fingerprint density at radius 3 is 3.04 bits per heavy atom. The molecule has 1 N–H and O–H groups in total. The van der Waals surface area contributed by atoms with Crippen molar-refractivity contribution in [1.29, 1.82) is 0 Å². The van der Waals surface area contributed by atoms with E-state index < -0.39 is 0 Å². The van der Waals surface area contributed by atoms with Crippen LogP contribution >= 0.6 is 0 Å². The lowest BCUT2D eigenvalue weighted by molar-refractivity contribution is 0.0917. The smallest absolute Gasteiger partial charge is 0.289 e. The van der Waals surface area contributed by atoms with E-state index in [4.69, 9.17) is 9.15 Å². The second-order valence-corrected chi connectivity index (χ2v) is 6.52. The number of aromatic nitrogens is 3. The van der Waals surface area contributed by atoms with Gasteiger partial charge in [0.25, 0.3) is 5.91 Å². The number of amides is 1. The number of carbonyl (C=O) groups is 1. The molecule has 0 radical (unpaired) electrons. The minimum Gasteiger partial charge on any atom is -0.438 e. The molecule has 25 heavy (non-hydrogen) atoms. The van der Waals surface area contributed by atoms with E-state index in [2.05, 4.69) is 25.2 Å². The van der Waals surface area contributed by atoms with Crippen LogP contribution in [0.25, 0.3) is 0 Å². The molecule has 1 aliphatic heterocycles. The van der Waals surface area contributed by atoms with Gasteiger partial charge in [0, 0.05) is 32.3 Å². The van der Waals surface area contributed by atoms with Gasteiger partial charge < -0.3 is 19.4 Å². The van der Waals surface area contributed by atoms with Crippen LogP contribution in [0.3, 0.4) is 0 Å². The summed E-state index contributed by atoms with van der Waals surface area (Å²) >= 11 is 0. The van der Waals surface area contributed by atoms with Gasteiger partial charge in [0.1, 0.15) is 12.1 Å². The molecule has 0 aromatic carbocycles. The summed E-state index contributed by atoms with van der Waals surface area (Å²) in [4.78, 5) is 27.1. The van der Waals surface area contributed by atoms with Crippen LogP contribution in [0.4, 0.5) is 5.82 Å². The first kappa shape index (κ1) is 16.0. The van der Waals surface area contributed by atoms with Gasteiger partial charge in [-0.3, -0.25) is 4.79 Å². The van der Waals surface area contributed by atoms with Crippen LogP contribution in [0, 0.1) is 0 Å². The van der Waals surface area contributed by atoms with Crippen molar-refractivity contribution in [2.24, 2.45) is 0 Å². The molecule has 1 aliphatic carbocycles. The summed E-state index contributed by atoms with van der Waals surface area (Å²) in [6.45, 7) is 1.23. The Hall–Kier alpha value is -2.48. The normalized spacial score (nSPS) is 23.0. The fraction of sp³-hybridized carbons (Fsp3) is 0.529. The zero-order valence-electron chi connectivity index (χ0n) is 14.1. The Kier molecular flexibility index (Phi) is 4.35. The first-order chi connectivity index (χ1) is 12.3. The van der Waals surface area contributed by atoms with Crippen molar-refractivity contribution >= 4 is 11.7 Å². The molecule has 8 nitrogen and oxygen atoms in total. The molecule has 2 atom stereocenters. The van der Waals surface area contributed by atoms with E-state index in [0.717, 1.165) is 37.3 Å². The highest BCUT2D eigenvalue weighted by atomic mass is 16.5. The molecule has 2 aromatic heterocycles. The van der Waals surface area contributed by atoms with E-state index in [1.807, 2.05) is 6.07 Å². The number of methoxy groups -OCH3 is 1. The highest BCUT2D eigenvalue weighted by molar-refractivity contribution is 5.92. The van der Waals surface area contributed by atoms with Crippen molar-refractivity contribution in [3.63, 3.8) is 0 Å². The summed E-state index contributed by atoms with van der Waals surface area (Å²) in [6, 6.07) is 1.98. The second kappa shape index (κ2) is 6.79. The van der Waals surface area contributed by atoms with Crippen LogP contribution in [-0.2, 0) is 4.74 Å². The maximum Gasteiger partial charge on any atom is 0.289 e. The van der Waals surface area contributed by atoms with Crippen molar-refractivity contribution in [2.75, 3.05) is 25.1 Å². The molecule has 0 spiro atoms. The summed E-state index contributed by atoms with van der Waals surface area (Å²) in [6.07, 6.45) is 7.69. The Balaban J connectivity index is 1.43. The van der Waals surface area contributed by atoms with Gasteiger partial charge in [0.15, 0.2) is 6.39 Å². The fourth-order valence-corrected chi connectivity index (χ4v) is 3.34. The van der Waals surface area contributed by atoms with Gasteiger partial charge in [-0.25, -0.2) is 15.0 Å². The average molecular weight is 343 g/mol. The molecular formula is C17H21N5O3. The standard InChI is InChI=1S/C17H21N5O3/c1-24-13-6-12(22(8-13)14-4-5-18-9-20-14)7-19-17(23)16-15(11-2-3-11)21-10-25-16/h4-5,9-13H,2-3,6-8H2,1H3,(H,19,23)/t12-,13-/m1/s1. The minimum absolute atomic E-state index is 0.107. The third-order valence-corrected chi connectivity index (χ3v) is 4.83. The van der Waals surface area contributed by atoms with Gasteiger partial charge in [-0.1, -0.05) is 0 Å². The van der Waals surface area contributed by atoms with Crippen LogP contribution in [0.2, 0.25) is 0 Å². The van der Waals surface area contributed by atoms with E-state index >= 15 is 0 Å². The third kappa shape index (κ3) is 3.34. The average Bonchev–Trinajstić information content (AvgIpc) is 3.22. The number of carbonyl (C=O) groups excluding carboxylic acids is 1. The molecule has 4 rings (SSSR count). The first-order valence-corrected chi connectivity index (χ1v) is 8.53. The molecule has 2 fully saturated rings. The molecule has 132 valence electrons. The summed E-state index contributed by atoms with van der Waals surface area (Å²) in [5, 5.41) is 2.98. The van der Waals surface area contributed by atoms with Crippen LogP contribution in [0.15, 0.2) is 29.4 Å². The van der Waals surface area contributed by atoms with E-state index in [9.17, 15) is 4.79 Å². The summed E-state index contributed by atoms with van der Waals surface area (Å²) < 4.78 is 10.8. The molecule has 1 amide bonds. The maximum absolute atomic E-state index is 12.5. The van der Waals surface area contributed by atoms with Gasteiger partial charge in [0.05, 0.1) is 17.8 Å². The SMILES string of the molecule is CO[C@@H]1C[C@H](CNC(=O)c2ocnc2C2CC2)N(c2ccncn2)C1. The Labute approximate surface area is 145 Å². The molecule has 0 bridgehead atoms. The van der Waals surface area contributed by atoms with Crippen molar-refractivity contribution in [2.45, 2.75) is 37.3 Å². The topological polar surface area (TPSA) is 93.4 Å². The van der Waals surface area contributed by atoms with Gasteiger partial charge in [-0.15, -0.1) is 0 Å². The first-order valence-electron chi connectivity index (χ1n) is 8.53. The van der Waals surface area contributed by atoms with Gasteiger partial charge >= 0.3 is 0 Å². The number of ether oxygens (including phenoxy) is 1. The molecule has 2 aromatic rings. The summed E-state index contributed by atoms with van der Waals surface area (Å²) in [5.74, 6) is 1.36. The van der Waals surface area contributed by atoms with E-state index in [0.29, 0.717) is 18.2 Å². The number of nitrogens with one attached hydrogen (secondary N) is 1. The van der Waals surface area contributed by atoms with Crippen molar-refractivity contribution in [3.8, 4) is 0 Å². The minimum atomic E-state index is -0.206. The van der Waals surface area contributed by atoms with Crippen LogP contribution in [0.5, 0.6) is 0 Å². The van der Waals surface area contributed by atoms with Gasteiger partial charge in [-0.2, -0.15) is 0 Å². The Morgan fingerprint density at radius 2 is 2.32 bits per heavy atom. The number of oxazole rings is 1.